The van der Waals surface area contributed by atoms with Crippen LogP contribution < -0.4 is 0 Å². The van der Waals surface area contributed by atoms with E-state index >= 15 is 0 Å². The first-order valence-corrected chi connectivity index (χ1v) is 22.6. The summed E-state index contributed by atoms with van der Waals surface area (Å²) in [5.41, 5.74) is 10.9. The molecule has 3 aromatic carbocycles. The Kier molecular flexibility index (Phi) is 17.4. The molecule has 5 aromatic rings. The van der Waals surface area contributed by atoms with E-state index in [0.29, 0.717) is 23.7 Å². The fourth-order valence-electron chi connectivity index (χ4n) is 8.71. The van der Waals surface area contributed by atoms with Crippen LogP contribution in [0, 0.1) is 24.8 Å². The zero-order valence-corrected chi connectivity index (χ0v) is 39.9. The molecule has 1 N–H and O–H groups in total. The number of ketones is 1. The quantitative estimate of drug-likeness (QED) is 0.0727. The molecule has 6 rings (SSSR count). The Morgan fingerprint density at radius 3 is 1.98 bits per heavy atom. The van der Waals surface area contributed by atoms with Crippen LogP contribution in [0.3, 0.4) is 0 Å². The summed E-state index contributed by atoms with van der Waals surface area (Å²) < 4.78 is 1.29. The minimum Gasteiger partial charge on any atom is -0.512 e. The Hall–Kier alpha value is -3.11. The minimum absolute atomic E-state index is 0. The van der Waals surface area contributed by atoms with Crippen LogP contribution in [-0.4, -0.2) is 15.9 Å². The molecule has 1 radical (unpaired) electrons. The van der Waals surface area contributed by atoms with Crippen molar-refractivity contribution in [2.75, 3.05) is 0 Å². The first-order chi connectivity index (χ1) is 26.8. The zero-order valence-electron chi connectivity index (χ0n) is 36.6. The van der Waals surface area contributed by atoms with Gasteiger partial charge < -0.3 is 5.11 Å². The number of rotatable bonds is 13. The van der Waals surface area contributed by atoms with Crippen molar-refractivity contribution in [2.24, 2.45) is 11.8 Å². The van der Waals surface area contributed by atoms with Gasteiger partial charge in [-0.05, 0) is 108 Å². The molecular weight excluding hydrogens is 895 g/mol. The van der Waals surface area contributed by atoms with E-state index in [1.54, 1.807) is 0 Å². The summed E-state index contributed by atoms with van der Waals surface area (Å²) in [6.07, 6.45) is 13.5. The maximum absolute atomic E-state index is 11.7. The van der Waals surface area contributed by atoms with Gasteiger partial charge in [0.2, 0.25) is 0 Å². The van der Waals surface area contributed by atoms with E-state index in [4.69, 9.17) is 4.98 Å². The van der Waals surface area contributed by atoms with Gasteiger partial charge in [-0.15, -0.1) is 40.5 Å². The third-order valence-corrected chi connectivity index (χ3v) is 13.7. The molecule has 1 saturated carbocycles. The number of allylic oxidation sites excluding steroid dienone is 2. The molecule has 3 nitrogen and oxygen atoms in total. The molecular formula is C52H68IrNO2S-. The second-order valence-corrected chi connectivity index (χ2v) is 18.2. The monoisotopic (exact) mass is 963 g/mol. The molecule has 2 aromatic heterocycles. The third kappa shape index (κ3) is 10.6. The second-order valence-electron chi connectivity index (χ2n) is 17.1. The first kappa shape index (κ1) is 46.6. The van der Waals surface area contributed by atoms with Crippen molar-refractivity contribution in [1.82, 2.24) is 4.98 Å². The number of benzene rings is 3. The van der Waals surface area contributed by atoms with Crippen LogP contribution in [0.15, 0.2) is 66.6 Å². The number of aliphatic hydroxyl groups excluding tert-OH is 1. The molecule has 5 heteroatoms. The van der Waals surface area contributed by atoms with Crippen LogP contribution in [0.5, 0.6) is 0 Å². The molecule has 0 bridgehead atoms. The number of aryl methyl sites for hydroxylation is 1. The van der Waals surface area contributed by atoms with Crippen molar-refractivity contribution >= 4 is 38.0 Å². The van der Waals surface area contributed by atoms with E-state index in [1.807, 2.05) is 45.2 Å². The summed E-state index contributed by atoms with van der Waals surface area (Å²) >= 11 is 1.94. The second kappa shape index (κ2) is 21.2. The molecule has 0 unspecified atom stereocenters. The molecule has 0 spiro atoms. The van der Waals surface area contributed by atoms with E-state index in [-0.39, 0.29) is 43.5 Å². The Labute approximate surface area is 362 Å². The van der Waals surface area contributed by atoms with Crippen LogP contribution >= 0.6 is 11.3 Å². The topological polar surface area (TPSA) is 50.2 Å². The number of hydrogen-bond acceptors (Lipinski definition) is 4. The Morgan fingerprint density at radius 1 is 0.825 bits per heavy atom. The van der Waals surface area contributed by atoms with Gasteiger partial charge in [0.1, 0.15) is 0 Å². The molecule has 309 valence electrons. The van der Waals surface area contributed by atoms with Crippen molar-refractivity contribution in [1.29, 1.82) is 0 Å². The van der Waals surface area contributed by atoms with Crippen LogP contribution in [-0.2, 0) is 24.9 Å². The van der Waals surface area contributed by atoms with Crippen molar-refractivity contribution < 1.29 is 30.0 Å². The van der Waals surface area contributed by atoms with Gasteiger partial charge in [-0.2, -0.15) is 0 Å². The van der Waals surface area contributed by atoms with Crippen molar-refractivity contribution in [2.45, 2.75) is 158 Å². The van der Waals surface area contributed by atoms with Gasteiger partial charge in [0.05, 0.1) is 5.76 Å². The normalized spacial score (nSPS) is 13.9. The molecule has 2 heterocycles. The number of aliphatic hydroxyl groups is 1. The van der Waals surface area contributed by atoms with E-state index < -0.39 is 0 Å². The van der Waals surface area contributed by atoms with E-state index in [1.165, 1.54) is 97.3 Å². The summed E-state index contributed by atoms with van der Waals surface area (Å²) in [4.78, 5) is 18.2. The predicted octanol–water partition coefficient (Wildman–Crippen LogP) is 16.2. The fraction of sp³-hybridized carbons (Fsp3) is 0.500. The van der Waals surface area contributed by atoms with Gasteiger partial charge in [0, 0.05) is 59.5 Å². The Balaban J connectivity index is 0.000000385. The maximum Gasteiger partial charge on any atom is 0.162 e. The molecule has 0 aliphatic heterocycles. The molecule has 1 fully saturated rings. The zero-order chi connectivity index (χ0) is 40.7. The largest absolute Gasteiger partial charge is 0.512 e. The number of aromatic nitrogens is 1. The number of pyridine rings is 1. The fourth-order valence-corrected chi connectivity index (χ4v) is 10.1. The first-order valence-electron chi connectivity index (χ1n) is 21.8. The number of fused-ring (bicyclic) bond motifs is 2. The van der Waals surface area contributed by atoms with Crippen LogP contribution in [0.1, 0.15) is 179 Å². The van der Waals surface area contributed by atoms with Crippen molar-refractivity contribution in [3.05, 3.63) is 100 Å². The van der Waals surface area contributed by atoms with Gasteiger partial charge >= 0.3 is 0 Å². The van der Waals surface area contributed by atoms with E-state index in [9.17, 15) is 9.90 Å². The molecule has 1 aliphatic rings. The predicted molar refractivity (Wildman–Crippen MR) is 244 cm³/mol. The van der Waals surface area contributed by atoms with Gasteiger partial charge in [0.15, 0.2) is 5.78 Å². The van der Waals surface area contributed by atoms with Gasteiger partial charge in [0.25, 0.3) is 0 Å². The summed E-state index contributed by atoms with van der Waals surface area (Å²) in [5, 5.41) is 13.7. The van der Waals surface area contributed by atoms with E-state index in [2.05, 4.69) is 103 Å². The molecule has 0 saturated heterocycles. The Bertz CT molecular complexity index is 2100. The van der Waals surface area contributed by atoms with Crippen LogP contribution in [0.25, 0.3) is 42.6 Å². The number of thiophene rings is 1. The number of carbonyl (C=O) groups is 1. The van der Waals surface area contributed by atoms with Crippen LogP contribution in [0.4, 0.5) is 0 Å². The van der Waals surface area contributed by atoms with Gasteiger partial charge in [-0.1, -0.05) is 130 Å². The Morgan fingerprint density at radius 2 is 1.42 bits per heavy atom. The molecule has 1 aliphatic carbocycles. The van der Waals surface area contributed by atoms with Gasteiger partial charge in [-0.3, -0.25) is 9.78 Å². The van der Waals surface area contributed by atoms with E-state index in [0.717, 1.165) is 36.9 Å². The van der Waals surface area contributed by atoms with Crippen LogP contribution in [0.2, 0.25) is 0 Å². The smallest absolute Gasteiger partial charge is 0.162 e. The average molecular weight is 963 g/mol. The summed E-state index contributed by atoms with van der Waals surface area (Å²) in [6.45, 7) is 24.4. The standard InChI is InChI=1S/C39H44NS.C13H24O2.Ir/c1-23(2)29-20-33(24(3)4)36(34(21-29)25(5)6)38-26(7)31-17-18-40-37(39(31)41-38)30-19-28-15-11-12-16-32(28)35(22-30)27-13-9-8-10-14-27;1-5-10(6-2)12(14)9-13(15)11(7-3)8-4;/h11-12,15-18,20-25,27H,8-10,13-14H2,1-7H3;9-11,14H,5-8H2,1-4H3;/q-1;;/b;12-9-;. The number of hydrogen-bond donors (Lipinski definition) is 1. The van der Waals surface area contributed by atoms with Crippen molar-refractivity contribution in [3.8, 4) is 21.7 Å². The molecule has 0 amide bonds. The summed E-state index contributed by atoms with van der Waals surface area (Å²) in [5.74, 6) is 2.60. The molecule has 57 heavy (non-hydrogen) atoms. The minimum atomic E-state index is 0. The summed E-state index contributed by atoms with van der Waals surface area (Å²) in [6, 6.07) is 22.3. The number of carbonyl (C=O) groups excluding carboxylic acids is 1. The average Bonchev–Trinajstić information content (AvgIpc) is 3.53. The maximum atomic E-state index is 11.7. The van der Waals surface area contributed by atoms with Gasteiger partial charge in [-0.25, -0.2) is 0 Å². The third-order valence-electron chi connectivity index (χ3n) is 12.4. The summed E-state index contributed by atoms with van der Waals surface area (Å²) in [7, 11) is 0. The van der Waals surface area contributed by atoms with Crippen molar-refractivity contribution in [3.63, 3.8) is 0 Å². The molecule has 0 atom stereocenters. The number of nitrogens with zero attached hydrogens (tertiary/aromatic N) is 1. The SMILES string of the molecule is CCC(CC)C(=O)/C=C(\O)C(CC)CC.Cc1c(-c2c(C(C)C)cc(C(C)C)cc2C(C)C)sc2c(-c3[c-]c4ccccc4c(C4CCCCC4)c3)nccc12.[Ir].